The van der Waals surface area contributed by atoms with Crippen molar-refractivity contribution in [2.75, 3.05) is 17.2 Å². The van der Waals surface area contributed by atoms with E-state index in [2.05, 4.69) is 15.6 Å². The topological polar surface area (TPSA) is 63.2 Å². The van der Waals surface area contributed by atoms with Crippen molar-refractivity contribution < 1.29 is 13.9 Å². The number of para-hydroxylation sites is 1. The molecule has 0 aliphatic heterocycles. The fraction of sp³-hybridized carbons (Fsp3) is 0.100. The summed E-state index contributed by atoms with van der Waals surface area (Å²) in [4.78, 5) is 16.1. The van der Waals surface area contributed by atoms with E-state index in [1.807, 2.05) is 18.2 Å². The number of amides is 1. The van der Waals surface area contributed by atoms with Crippen molar-refractivity contribution in [3.05, 3.63) is 84.3 Å². The average Bonchev–Trinajstić information content (AvgIpc) is 2.68. The summed E-state index contributed by atoms with van der Waals surface area (Å²) in [6.45, 7) is 0.457. The van der Waals surface area contributed by atoms with Crippen LogP contribution < -0.4 is 15.4 Å². The first-order valence-corrected chi connectivity index (χ1v) is 8.11. The Morgan fingerprint density at radius 1 is 1.00 bits per heavy atom. The Morgan fingerprint density at radius 2 is 1.77 bits per heavy atom. The molecule has 3 aromatic rings. The average molecular weight is 351 g/mol. The van der Waals surface area contributed by atoms with Gasteiger partial charge in [0.25, 0.3) is 5.91 Å². The van der Waals surface area contributed by atoms with Crippen molar-refractivity contribution >= 4 is 17.4 Å². The zero-order valence-corrected chi connectivity index (χ0v) is 14.0. The van der Waals surface area contributed by atoms with Crippen molar-refractivity contribution in [2.45, 2.75) is 6.54 Å². The van der Waals surface area contributed by atoms with Crippen molar-refractivity contribution in [1.29, 1.82) is 0 Å². The third-order valence-electron chi connectivity index (χ3n) is 3.55. The molecule has 6 heteroatoms. The van der Waals surface area contributed by atoms with Gasteiger partial charge in [0.2, 0.25) is 0 Å². The monoisotopic (exact) mass is 351 g/mol. The first kappa shape index (κ1) is 17.4. The predicted molar refractivity (Wildman–Crippen MR) is 98.5 cm³/mol. The lowest BCUT2D eigenvalue weighted by Crippen LogP contribution is -2.20. The number of hydrogen-bond donors (Lipinski definition) is 2. The van der Waals surface area contributed by atoms with Gasteiger partial charge in [-0.05, 0) is 42.0 Å². The minimum absolute atomic E-state index is 0.0748. The SMILES string of the molecule is O=C(COc1ccccc1)Nc1ccc(NCc2ccc(F)cc2)nc1. The van der Waals surface area contributed by atoms with E-state index in [0.717, 1.165) is 5.56 Å². The number of anilines is 2. The summed E-state index contributed by atoms with van der Waals surface area (Å²) >= 11 is 0. The molecule has 0 fully saturated rings. The second kappa shape index (κ2) is 8.62. The molecular formula is C20H18FN3O2. The Morgan fingerprint density at radius 3 is 2.46 bits per heavy atom. The molecule has 2 aromatic carbocycles. The highest BCUT2D eigenvalue weighted by atomic mass is 19.1. The smallest absolute Gasteiger partial charge is 0.262 e. The molecule has 0 aliphatic rings. The molecule has 0 aliphatic carbocycles. The van der Waals surface area contributed by atoms with Gasteiger partial charge in [-0.15, -0.1) is 0 Å². The van der Waals surface area contributed by atoms with Gasteiger partial charge in [0, 0.05) is 6.54 Å². The third kappa shape index (κ3) is 5.31. The Balaban J connectivity index is 1.46. The van der Waals surface area contributed by atoms with Crippen molar-refractivity contribution in [3.63, 3.8) is 0 Å². The van der Waals surface area contributed by atoms with Crippen LogP contribution in [-0.2, 0) is 11.3 Å². The van der Waals surface area contributed by atoms with Gasteiger partial charge in [-0.2, -0.15) is 0 Å². The number of hydrogen-bond acceptors (Lipinski definition) is 4. The van der Waals surface area contributed by atoms with Crippen LogP contribution in [0.3, 0.4) is 0 Å². The quantitative estimate of drug-likeness (QED) is 0.679. The molecule has 26 heavy (non-hydrogen) atoms. The lowest BCUT2D eigenvalue weighted by atomic mass is 10.2. The maximum atomic E-state index is 12.9. The van der Waals surface area contributed by atoms with E-state index in [9.17, 15) is 9.18 Å². The molecule has 1 amide bonds. The fourth-order valence-electron chi connectivity index (χ4n) is 2.23. The van der Waals surface area contributed by atoms with Crippen LogP contribution in [0.5, 0.6) is 5.75 Å². The molecule has 5 nitrogen and oxygen atoms in total. The van der Waals surface area contributed by atoms with E-state index in [1.165, 1.54) is 12.1 Å². The molecule has 0 spiro atoms. The van der Waals surface area contributed by atoms with Gasteiger partial charge in [0.15, 0.2) is 6.61 Å². The molecule has 0 atom stereocenters. The minimum Gasteiger partial charge on any atom is -0.484 e. The number of pyridine rings is 1. The molecule has 1 aromatic heterocycles. The molecule has 0 unspecified atom stereocenters. The van der Waals surface area contributed by atoms with E-state index in [1.54, 1.807) is 42.6 Å². The van der Waals surface area contributed by atoms with Gasteiger partial charge in [0.05, 0.1) is 11.9 Å². The van der Waals surface area contributed by atoms with Crippen LogP contribution in [0.25, 0.3) is 0 Å². The van der Waals surface area contributed by atoms with E-state index in [0.29, 0.717) is 23.8 Å². The summed E-state index contributed by atoms with van der Waals surface area (Å²) in [5, 5.41) is 5.86. The molecule has 0 radical (unpaired) electrons. The van der Waals surface area contributed by atoms with Crippen LogP contribution in [0.1, 0.15) is 5.56 Å². The summed E-state index contributed by atoms with van der Waals surface area (Å²) in [7, 11) is 0. The van der Waals surface area contributed by atoms with Crippen molar-refractivity contribution in [2.24, 2.45) is 0 Å². The number of aromatic nitrogens is 1. The molecule has 0 saturated carbocycles. The van der Waals surface area contributed by atoms with Crippen LogP contribution in [0.2, 0.25) is 0 Å². The number of ether oxygens (including phenoxy) is 1. The van der Waals surface area contributed by atoms with Gasteiger partial charge in [-0.25, -0.2) is 9.37 Å². The van der Waals surface area contributed by atoms with Crippen LogP contribution >= 0.6 is 0 Å². The molecule has 0 bridgehead atoms. The van der Waals surface area contributed by atoms with Gasteiger partial charge in [0.1, 0.15) is 17.4 Å². The molecule has 0 saturated heterocycles. The Hall–Kier alpha value is -3.41. The van der Waals surface area contributed by atoms with Crippen molar-refractivity contribution in [3.8, 4) is 5.75 Å². The highest BCUT2D eigenvalue weighted by Gasteiger charge is 2.04. The number of nitrogens with one attached hydrogen (secondary N) is 2. The standard InChI is InChI=1S/C20H18FN3O2/c21-16-8-6-15(7-9-16)12-22-19-11-10-17(13-23-19)24-20(25)14-26-18-4-2-1-3-5-18/h1-11,13H,12,14H2,(H,22,23)(H,24,25). The Kier molecular flexibility index (Phi) is 5.77. The number of nitrogens with zero attached hydrogens (tertiary/aromatic N) is 1. The minimum atomic E-state index is -0.261. The Bertz CT molecular complexity index is 837. The second-order valence-electron chi connectivity index (χ2n) is 5.56. The number of carbonyl (C=O) groups excluding carboxylic acids is 1. The number of rotatable bonds is 7. The summed E-state index contributed by atoms with van der Waals surface area (Å²) < 4.78 is 18.3. The summed E-state index contributed by atoms with van der Waals surface area (Å²) in [6, 6.07) is 18.9. The highest BCUT2D eigenvalue weighted by Crippen LogP contribution is 2.12. The van der Waals surface area contributed by atoms with Crippen LogP contribution in [0.15, 0.2) is 72.9 Å². The van der Waals surface area contributed by atoms with Crippen LogP contribution in [-0.4, -0.2) is 17.5 Å². The summed E-state index contributed by atoms with van der Waals surface area (Å²) in [5.41, 5.74) is 1.53. The molecule has 2 N–H and O–H groups in total. The maximum Gasteiger partial charge on any atom is 0.262 e. The van der Waals surface area contributed by atoms with E-state index < -0.39 is 0 Å². The lowest BCUT2D eigenvalue weighted by molar-refractivity contribution is -0.118. The van der Waals surface area contributed by atoms with Gasteiger partial charge < -0.3 is 15.4 Å². The highest BCUT2D eigenvalue weighted by molar-refractivity contribution is 5.91. The molecule has 1 heterocycles. The van der Waals surface area contributed by atoms with Crippen LogP contribution in [0, 0.1) is 5.82 Å². The zero-order chi connectivity index (χ0) is 18.2. The van der Waals surface area contributed by atoms with Gasteiger partial charge in [-0.3, -0.25) is 4.79 Å². The predicted octanol–water partition coefficient (Wildman–Crippen LogP) is 3.85. The number of halogens is 1. The van der Waals surface area contributed by atoms with E-state index in [4.69, 9.17) is 4.74 Å². The van der Waals surface area contributed by atoms with Crippen molar-refractivity contribution in [1.82, 2.24) is 4.98 Å². The second-order valence-corrected chi connectivity index (χ2v) is 5.56. The fourth-order valence-corrected chi connectivity index (χ4v) is 2.23. The molecular weight excluding hydrogens is 333 g/mol. The number of carbonyl (C=O) groups is 1. The largest absolute Gasteiger partial charge is 0.484 e. The maximum absolute atomic E-state index is 12.9. The molecule has 132 valence electrons. The first-order valence-electron chi connectivity index (χ1n) is 8.11. The number of benzene rings is 2. The van der Waals surface area contributed by atoms with Crippen LogP contribution in [0.4, 0.5) is 15.9 Å². The van der Waals surface area contributed by atoms with Gasteiger partial charge >= 0.3 is 0 Å². The molecule has 3 rings (SSSR count). The summed E-state index contributed by atoms with van der Waals surface area (Å²) in [6.07, 6.45) is 1.56. The van der Waals surface area contributed by atoms with E-state index in [-0.39, 0.29) is 18.3 Å². The van der Waals surface area contributed by atoms with E-state index >= 15 is 0 Å². The van der Waals surface area contributed by atoms with Gasteiger partial charge in [-0.1, -0.05) is 30.3 Å². The normalized spacial score (nSPS) is 10.2. The zero-order valence-electron chi connectivity index (χ0n) is 14.0. The lowest BCUT2D eigenvalue weighted by Gasteiger charge is -2.09. The Labute approximate surface area is 150 Å². The summed E-state index contributed by atoms with van der Waals surface area (Å²) in [5.74, 6) is 0.778. The first-order chi connectivity index (χ1) is 12.7. The third-order valence-corrected chi connectivity index (χ3v) is 3.55.